The van der Waals surface area contributed by atoms with Gasteiger partial charge >= 0.3 is 0 Å². The molecule has 7 aromatic rings. The molecular formula is C43H31BIrN2O2-2. The maximum absolute atomic E-state index is 7.84. The van der Waals surface area contributed by atoms with Crippen molar-refractivity contribution >= 4 is 23.1 Å². The first-order valence-electron chi connectivity index (χ1n) is 19.8. The largest absolute Gasteiger partial charge is 0.503 e. The number of ether oxygens (including phenoxy) is 2. The number of nitrogens with zero attached hydrogens (tertiary/aromatic N) is 2. The van der Waals surface area contributed by atoms with Gasteiger partial charge in [0.1, 0.15) is 17.2 Å². The minimum Gasteiger partial charge on any atom is -0.503 e. The van der Waals surface area contributed by atoms with E-state index in [-0.39, 0.29) is 54.6 Å². The second-order valence-electron chi connectivity index (χ2n) is 11.3. The van der Waals surface area contributed by atoms with Crippen molar-refractivity contribution in [3.05, 3.63) is 163 Å². The maximum atomic E-state index is 7.84. The Morgan fingerprint density at radius 1 is 0.653 bits per heavy atom. The van der Waals surface area contributed by atoms with E-state index in [1.54, 1.807) is 30.5 Å². The molecule has 0 amide bonds. The molecule has 0 fully saturated rings. The van der Waals surface area contributed by atoms with Gasteiger partial charge in [-0.2, -0.15) is 0 Å². The van der Waals surface area contributed by atoms with Crippen molar-refractivity contribution in [2.24, 2.45) is 0 Å². The van der Waals surface area contributed by atoms with Crippen molar-refractivity contribution < 1.29 is 41.9 Å². The van der Waals surface area contributed by atoms with E-state index < -0.39 is 20.6 Å². The van der Waals surface area contributed by atoms with Crippen LogP contribution < -0.4 is 25.9 Å². The Morgan fingerprint density at radius 3 is 2.29 bits per heavy atom. The normalized spacial score (nSPS) is 15.2. The third kappa shape index (κ3) is 6.10. The summed E-state index contributed by atoms with van der Waals surface area (Å²) in [5.41, 5.74) is 6.53. The Morgan fingerprint density at radius 2 is 1.47 bits per heavy atom. The fourth-order valence-electron chi connectivity index (χ4n) is 6.17. The molecule has 9 rings (SSSR count). The standard InChI is InChI=1S/C23H13BNO2.C20H18N.Ir/c1-2-11-19-16(8-1)24-17-9-5-7-15(18-10-3-4-14-25-18)23(17)27-21-13-6-12-20(26-19)22(21)24;1-14-8-10-17(11-9-14)20-12-19(16(3)13-21-20)18-7-5-4-6-15(18)2;/h1-6,8-14H;4-10,12-13H,1-3H3;/q2*-1;/i;1D3,2D3,3D3;. The minimum absolute atomic E-state index is 0. The van der Waals surface area contributed by atoms with E-state index in [2.05, 4.69) is 40.3 Å². The summed E-state index contributed by atoms with van der Waals surface area (Å²) in [7, 11) is 0. The van der Waals surface area contributed by atoms with E-state index in [1.807, 2.05) is 54.6 Å². The average molecular weight is 820 g/mol. The van der Waals surface area contributed by atoms with Gasteiger partial charge in [-0.05, 0) is 77.1 Å². The van der Waals surface area contributed by atoms with Crippen LogP contribution in [-0.4, -0.2) is 16.7 Å². The van der Waals surface area contributed by atoms with Crippen LogP contribution in [0.15, 0.2) is 134 Å². The molecule has 4 nitrogen and oxygen atoms in total. The molecule has 0 atom stereocenters. The monoisotopic (exact) mass is 820 g/mol. The van der Waals surface area contributed by atoms with Gasteiger partial charge in [0.25, 0.3) is 0 Å². The van der Waals surface area contributed by atoms with Crippen LogP contribution in [0.1, 0.15) is 29.0 Å². The van der Waals surface area contributed by atoms with E-state index in [4.69, 9.17) is 21.8 Å². The van der Waals surface area contributed by atoms with Crippen LogP contribution >= 0.6 is 0 Å². The summed E-state index contributed by atoms with van der Waals surface area (Å²) in [6.07, 6.45) is 3.00. The molecule has 239 valence electrons. The Hall–Kier alpha value is -5.29. The third-order valence-corrected chi connectivity index (χ3v) is 8.40. The molecule has 0 spiro atoms. The minimum atomic E-state index is -2.50. The molecule has 5 aromatic carbocycles. The van der Waals surface area contributed by atoms with Crippen molar-refractivity contribution in [2.75, 3.05) is 0 Å². The molecule has 49 heavy (non-hydrogen) atoms. The number of fused-ring (bicyclic) bond motifs is 4. The molecule has 2 aliphatic heterocycles. The number of para-hydroxylation sites is 1. The van der Waals surface area contributed by atoms with Crippen LogP contribution in [0.2, 0.25) is 0 Å². The SMILES string of the molecule is [2H]C([2H])([2H])c1c[c-]c(-c2cc(-c3ccccc3C([2H])([2H])[2H])c(C([2H])([2H])[2H])cn2)cc1.[Ir].[c-]1ccc2c(c1-c1ccccn1)Oc1cccc3c1B2c1ccccc1O3. The third-order valence-electron chi connectivity index (χ3n) is 8.40. The average Bonchev–Trinajstić information content (AvgIpc) is 3.20. The van der Waals surface area contributed by atoms with Crippen LogP contribution in [-0.2, 0) is 20.1 Å². The Labute approximate surface area is 313 Å². The summed E-state index contributed by atoms with van der Waals surface area (Å²) in [5, 5.41) is 0. The predicted octanol–water partition coefficient (Wildman–Crippen LogP) is 8.41. The number of benzene rings is 5. The Kier molecular flexibility index (Phi) is 6.46. The van der Waals surface area contributed by atoms with Crippen LogP contribution in [0.4, 0.5) is 0 Å². The van der Waals surface area contributed by atoms with E-state index in [9.17, 15) is 0 Å². The first-order chi connectivity index (χ1) is 27.2. The summed E-state index contributed by atoms with van der Waals surface area (Å²) < 4.78 is 81.8. The molecular weight excluding hydrogens is 780 g/mol. The van der Waals surface area contributed by atoms with E-state index in [0.717, 1.165) is 50.6 Å². The molecule has 1 radical (unpaired) electrons. The summed E-state index contributed by atoms with van der Waals surface area (Å²) in [5.74, 6) is 3.40. The van der Waals surface area contributed by atoms with Crippen molar-refractivity contribution in [1.29, 1.82) is 0 Å². The van der Waals surface area contributed by atoms with Gasteiger partial charge in [-0.1, -0.05) is 79.1 Å². The van der Waals surface area contributed by atoms with Crippen molar-refractivity contribution in [1.82, 2.24) is 9.97 Å². The van der Waals surface area contributed by atoms with E-state index in [0.29, 0.717) is 11.3 Å². The van der Waals surface area contributed by atoms with E-state index >= 15 is 0 Å². The first kappa shape index (κ1) is 23.1. The smallest absolute Gasteiger partial charge is 0.241 e. The predicted molar refractivity (Wildman–Crippen MR) is 194 cm³/mol. The summed E-state index contributed by atoms with van der Waals surface area (Å²) >= 11 is 0. The number of hydrogen-bond donors (Lipinski definition) is 0. The molecule has 0 bridgehead atoms. The van der Waals surface area contributed by atoms with E-state index in [1.165, 1.54) is 30.5 Å². The second kappa shape index (κ2) is 13.7. The van der Waals surface area contributed by atoms with Gasteiger partial charge < -0.3 is 19.4 Å². The van der Waals surface area contributed by atoms with Gasteiger partial charge in [-0.15, -0.1) is 59.1 Å². The van der Waals surface area contributed by atoms with Gasteiger partial charge in [0.15, 0.2) is 0 Å². The zero-order chi connectivity index (χ0) is 40.1. The number of rotatable bonds is 3. The fraction of sp³-hybridized carbons (Fsp3) is 0.0698. The molecule has 0 aliphatic carbocycles. The molecule has 4 heterocycles. The number of hydrogen-bond acceptors (Lipinski definition) is 4. The van der Waals surface area contributed by atoms with Crippen LogP contribution in [0.25, 0.3) is 33.6 Å². The van der Waals surface area contributed by atoms with Gasteiger partial charge in [-0.3, -0.25) is 0 Å². The fourth-order valence-corrected chi connectivity index (χ4v) is 6.17. The number of aromatic nitrogens is 2. The van der Waals surface area contributed by atoms with Gasteiger partial charge in [0.2, 0.25) is 6.71 Å². The maximum Gasteiger partial charge on any atom is 0.241 e. The van der Waals surface area contributed by atoms with Crippen LogP contribution in [0.3, 0.4) is 0 Å². The Bertz CT molecular complexity index is 2620. The second-order valence-corrected chi connectivity index (χ2v) is 11.3. The van der Waals surface area contributed by atoms with Crippen molar-refractivity contribution in [3.63, 3.8) is 0 Å². The first-order valence-corrected chi connectivity index (χ1v) is 15.3. The molecule has 6 heteroatoms. The van der Waals surface area contributed by atoms with Crippen molar-refractivity contribution in [2.45, 2.75) is 20.6 Å². The summed E-state index contributed by atoms with van der Waals surface area (Å²) in [4.78, 5) is 8.72. The van der Waals surface area contributed by atoms with Crippen molar-refractivity contribution in [3.8, 4) is 56.6 Å². The topological polar surface area (TPSA) is 44.2 Å². The molecule has 0 N–H and O–H groups in total. The van der Waals surface area contributed by atoms with Gasteiger partial charge in [0, 0.05) is 56.0 Å². The number of pyridine rings is 2. The zero-order valence-corrected chi connectivity index (χ0v) is 28.2. The number of aryl methyl sites for hydroxylation is 3. The summed E-state index contributed by atoms with van der Waals surface area (Å²) in [6.45, 7) is -7.13. The van der Waals surface area contributed by atoms with Crippen LogP contribution in [0, 0.1) is 32.7 Å². The quantitative estimate of drug-likeness (QED) is 0.133. The molecule has 2 aliphatic rings. The molecule has 2 aromatic heterocycles. The zero-order valence-electron chi connectivity index (χ0n) is 34.8. The molecule has 0 saturated carbocycles. The Balaban J connectivity index is 0.000000174. The van der Waals surface area contributed by atoms with Gasteiger partial charge in [-0.25, -0.2) is 0 Å². The van der Waals surface area contributed by atoms with Gasteiger partial charge in [0.05, 0.1) is 0 Å². The van der Waals surface area contributed by atoms with Crippen LogP contribution in [0.5, 0.6) is 23.0 Å². The summed E-state index contributed by atoms with van der Waals surface area (Å²) in [6, 6.07) is 42.4. The molecule has 0 unspecified atom stereocenters. The molecule has 0 saturated heterocycles.